The Bertz CT molecular complexity index is 1220. The molecule has 2 aromatic rings. The van der Waals surface area contributed by atoms with Crippen LogP contribution in [-0.4, -0.2) is 58.2 Å². The maximum atomic E-state index is 14.2. The van der Waals surface area contributed by atoms with E-state index in [1.165, 1.54) is 23.1 Å². The Labute approximate surface area is 234 Å². The third-order valence-corrected chi connectivity index (χ3v) is 6.66. The average molecular weight is 560 g/mol. The van der Waals surface area contributed by atoms with Gasteiger partial charge in [-0.05, 0) is 56.4 Å². The molecule has 1 fully saturated rings. The molecule has 1 unspecified atom stereocenters. The molecule has 40 heavy (non-hydrogen) atoms. The quantitative estimate of drug-likeness (QED) is 0.475. The molecule has 10 heteroatoms. The Morgan fingerprint density at radius 1 is 0.975 bits per heavy atom. The highest BCUT2D eigenvalue weighted by Crippen LogP contribution is 2.29. The predicted molar refractivity (Wildman–Crippen MR) is 147 cm³/mol. The zero-order chi connectivity index (χ0) is 30.0. The van der Waals surface area contributed by atoms with Crippen LogP contribution in [0.3, 0.4) is 0 Å². The molecule has 8 nitrogen and oxygen atoms in total. The van der Waals surface area contributed by atoms with Gasteiger partial charge in [0, 0.05) is 13.0 Å². The molecule has 3 amide bonds. The summed E-state index contributed by atoms with van der Waals surface area (Å²) in [4.78, 5) is 40.8. The molecule has 0 spiro atoms. The van der Waals surface area contributed by atoms with E-state index in [1.54, 1.807) is 72.7 Å². The Morgan fingerprint density at radius 2 is 1.55 bits per heavy atom. The van der Waals surface area contributed by atoms with Crippen molar-refractivity contribution in [2.75, 3.05) is 6.54 Å². The summed E-state index contributed by atoms with van der Waals surface area (Å²) in [6, 6.07) is 7.68. The predicted octanol–water partition coefficient (Wildman–Crippen LogP) is 4.71. The second-order valence-corrected chi connectivity index (χ2v) is 12.3. The third kappa shape index (κ3) is 7.56. The van der Waals surface area contributed by atoms with Gasteiger partial charge in [0.15, 0.2) is 0 Å². The molecule has 0 bridgehead atoms. The van der Waals surface area contributed by atoms with E-state index in [9.17, 15) is 28.3 Å². The van der Waals surface area contributed by atoms with Gasteiger partial charge in [-0.3, -0.25) is 9.59 Å². The molecule has 0 aromatic heterocycles. The Balaban J connectivity index is 1.74. The first-order chi connectivity index (χ1) is 18.5. The van der Waals surface area contributed by atoms with E-state index in [1.807, 2.05) is 0 Å². The number of nitrogens with one attached hydrogen (secondary N) is 2. The van der Waals surface area contributed by atoms with Gasteiger partial charge in [-0.25, -0.2) is 13.6 Å². The summed E-state index contributed by atoms with van der Waals surface area (Å²) in [7, 11) is 0. The molecule has 1 saturated heterocycles. The average Bonchev–Trinajstić information content (AvgIpc) is 3.22. The fourth-order valence-corrected chi connectivity index (χ4v) is 4.65. The number of aliphatic hydroxyl groups excluding tert-OH is 1. The molecule has 1 heterocycles. The van der Waals surface area contributed by atoms with Crippen LogP contribution in [0.15, 0.2) is 42.5 Å². The van der Waals surface area contributed by atoms with E-state index in [0.29, 0.717) is 11.1 Å². The number of carbonyl (C=O) groups excluding carboxylic acids is 3. The summed E-state index contributed by atoms with van der Waals surface area (Å²) in [6.45, 7) is 12.2. The van der Waals surface area contributed by atoms with Crippen molar-refractivity contribution in [3.05, 3.63) is 59.7 Å². The van der Waals surface area contributed by atoms with Crippen LogP contribution in [0.5, 0.6) is 0 Å². The van der Waals surface area contributed by atoms with Crippen molar-refractivity contribution in [1.82, 2.24) is 15.5 Å². The van der Waals surface area contributed by atoms with Crippen molar-refractivity contribution in [3.8, 4) is 11.1 Å². The van der Waals surface area contributed by atoms with E-state index < -0.39 is 64.8 Å². The summed E-state index contributed by atoms with van der Waals surface area (Å²) in [5, 5.41) is 15.9. The van der Waals surface area contributed by atoms with Gasteiger partial charge in [0.05, 0.1) is 17.7 Å². The number of hydrogen-bond donors (Lipinski definition) is 3. The summed E-state index contributed by atoms with van der Waals surface area (Å²) in [5.74, 6) is -2.31. The Kier molecular flexibility index (Phi) is 9.24. The van der Waals surface area contributed by atoms with Gasteiger partial charge >= 0.3 is 6.09 Å². The minimum atomic E-state index is -1.01. The molecule has 3 N–H and O–H groups in total. The van der Waals surface area contributed by atoms with Crippen LogP contribution in [0.1, 0.15) is 66.5 Å². The lowest BCUT2D eigenvalue weighted by molar-refractivity contribution is -0.142. The summed E-state index contributed by atoms with van der Waals surface area (Å²) in [6.07, 6.45) is -1.63. The highest BCUT2D eigenvalue weighted by atomic mass is 19.1. The Morgan fingerprint density at radius 3 is 2.08 bits per heavy atom. The first-order valence-electron chi connectivity index (χ1n) is 13.3. The number of ether oxygens (including phenoxy) is 1. The van der Waals surface area contributed by atoms with Crippen molar-refractivity contribution in [2.45, 2.75) is 84.7 Å². The zero-order valence-corrected chi connectivity index (χ0v) is 24.0. The highest BCUT2D eigenvalue weighted by Gasteiger charge is 2.45. The Hall–Kier alpha value is -3.53. The van der Waals surface area contributed by atoms with Crippen molar-refractivity contribution in [1.29, 1.82) is 0 Å². The monoisotopic (exact) mass is 559 g/mol. The van der Waals surface area contributed by atoms with Crippen molar-refractivity contribution in [3.63, 3.8) is 0 Å². The molecule has 0 aliphatic carbocycles. The van der Waals surface area contributed by atoms with Crippen molar-refractivity contribution < 1.29 is 33.0 Å². The molecule has 2 aromatic carbocycles. The lowest BCUT2D eigenvalue weighted by Gasteiger charge is -2.35. The fraction of sp³-hybridized carbons (Fsp3) is 0.500. The van der Waals surface area contributed by atoms with Crippen LogP contribution in [-0.2, 0) is 14.3 Å². The lowest BCUT2D eigenvalue weighted by Crippen LogP contribution is -2.58. The SMILES string of the molecule is C[C@H](NC(=O)[C@@H]1C[C@@H](O)CN1C(=O)C(NC(=O)OC(C)(C)C)C(C)(C)C)c1ccc(-c2c(F)cccc2F)cc1. The number of hydrogen-bond acceptors (Lipinski definition) is 5. The van der Waals surface area contributed by atoms with Crippen molar-refractivity contribution >= 4 is 17.9 Å². The zero-order valence-electron chi connectivity index (χ0n) is 24.0. The molecular weight excluding hydrogens is 520 g/mol. The summed E-state index contributed by atoms with van der Waals surface area (Å²) in [5.41, 5.74) is -0.563. The van der Waals surface area contributed by atoms with E-state index >= 15 is 0 Å². The van der Waals surface area contributed by atoms with Gasteiger partial charge in [0.25, 0.3) is 0 Å². The minimum Gasteiger partial charge on any atom is -0.444 e. The topological polar surface area (TPSA) is 108 Å². The number of carbonyl (C=O) groups is 3. The molecular formula is C30H39F2N3O5. The van der Waals surface area contributed by atoms with E-state index in [0.717, 1.165) is 0 Å². The molecule has 0 radical (unpaired) electrons. The number of halogens is 2. The molecule has 218 valence electrons. The molecule has 1 aliphatic rings. The van der Waals surface area contributed by atoms with Crippen LogP contribution in [0, 0.1) is 17.0 Å². The van der Waals surface area contributed by atoms with Gasteiger partial charge in [0.2, 0.25) is 11.8 Å². The maximum Gasteiger partial charge on any atom is 0.408 e. The summed E-state index contributed by atoms with van der Waals surface area (Å²) >= 11 is 0. The van der Waals surface area contributed by atoms with Crippen LogP contribution in [0.2, 0.25) is 0 Å². The molecule has 1 aliphatic heterocycles. The standard InChI is InChI=1S/C30H39F2N3O5/c1-17(18-11-13-19(14-12-18)24-21(31)9-8-10-22(24)32)33-26(37)23-15-20(36)16-35(23)27(38)25(29(2,3)4)34-28(39)40-30(5,6)7/h8-14,17,20,23,25,36H,15-16H2,1-7H3,(H,33,37)(H,34,39)/t17-,20+,23-,25?/m0/s1. The number of benzene rings is 2. The largest absolute Gasteiger partial charge is 0.444 e. The van der Waals surface area contributed by atoms with Gasteiger partial charge in [0.1, 0.15) is 29.3 Å². The van der Waals surface area contributed by atoms with E-state index in [2.05, 4.69) is 10.6 Å². The van der Waals surface area contributed by atoms with Crippen LogP contribution in [0.4, 0.5) is 13.6 Å². The van der Waals surface area contributed by atoms with Gasteiger partial charge < -0.3 is 25.4 Å². The third-order valence-electron chi connectivity index (χ3n) is 6.66. The highest BCUT2D eigenvalue weighted by molar-refractivity contribution is 5.92. The molecule has 4 atom stereocenters. The second-order valence-electron chi connectivity index (χ2n) is 12.3. The number of likely N-dealkylation sites (tertiary alicyclic amines) is 1. The van der Waals surface area contributed by atoms with Gasteiger partial charge in [-0.15, -0.1) is 0 Å². The number of aliphatic hydroxyl groups is 1. The van der Waals surface area contributed by atoms with E-state index in [-0.39, 0.29) is 18.5 Å². The van der Waals surface area contributed by atoms with E-state index in [4.69, 9.17) is 4.74 Å². The van der Waals surface area contributed by atoms with Crippen LogP contribution in [0.25, 0.3) is 11.1 Å². The van der Waals surface area contributed by atoms with Gasteiger partial charge in [-0.2, -0.15) is 0 Å². The fourth-order valence-electron chi connectivity index (χ4n) is 4.65. The first-order valence-corrected chi connectivity index (χ1v) is 13.3. The number of nitrogens with zero attached hydrogens (tertiary/aromatic N) is 1. The lowest BCUT2D eigenvalue weighted by atomic mass is 9.85. The second kappa shape index (κ2) is 11.9. The maximum absolute atomic E-state index is 14.2. The number of amides is 3. The van der Waals surface area contributed by atoms with Crippen LogP contribution < -0.4 is 10.6 Å². The van der Waals surface area contributed by atoms with Crippen molar-refractivity contribution in [2.24, 2.45) is 5.41 Å². The summed E-state index contributed by atoms with van der Waals surface area (Å²) < 4.78 is 33.7. The smallest absolute Gasteiger partial charge is 0.408 e. The molecule has 0 saturated carbocycles. The number of rotatable bonds is 6. The first kappa shape index (κ1) is 31.0. The number of β-amino-alcohol motifs (C(OH)–C–C–N with tert-alkyl or cyclic N) is 1. The number of alkyl carbamates (subject to hydrolysis) is 1. The molecule has 3 rings (SSSR count). The van der Waals surface area contributed by atoms with Gasteiger partial charge in [-0.1, -0.05) is 51.1 Å². The minimum absolute atomic E-state index is 0.0408. The normalized spacial score (nSPS) is 19.1. The van der Waals surface area contributed by atoms with Crippen LogP contribution >= 0.6 is 0 Å².